The third-order valence-electron chi connectivity index (χ3n) is 3.56. The first kappa shape index (κ1) is 18.2. The van der Waals surface area contributed by atoms with Gasteiger partial charge in [0.05, 0.1) is 19.0 Å². The van der Waals surface area contributed by atoms with Crippen molar-refractivity contribution in [2.24, 2.45) is 0 Å². The van der Waals surface area contributed by atoms with Crippen LogP contribution in [0.4, 0.5) is 0 Å². The smallest absolute Gasteiger partial charge is 0.103 e. The zero-order valence-electron chi connectivity index (χ0n) is 13.5. The van der Waals surface area contributed by atoms with E-state index in [0.717, 1.165) is 31.6 Å². The Kier molecular flexibility index (Phi) is 10.2. The van der Waals surface area contributed by atoms with E-state index in [1.54, 1.807) is 6.26 Å². The molecule has 0 aromatic carbocycles. The molecule has 1 rings (SSSR count). The van der Waals surface area contributed by atoms with Crippen molar-refractivity contribution in [1.29, 1.82) is 0 Å². The monoisotopic (exact) mass is 297 g/mol. The van der Waals surface area contributed by atoms with Crippen LogP contribution in [0.5, 0.6) is 0 Å². The van der Waals surface area contributed by atoms with Gasteiger partial charge in [-0.3, -0.25) is 0 Å². The van der Waals surface area contributed by atoms with E-state index in [4.69, 9.17) is 9.15 Å². The summed E-state index contributed by atoms with van der Waals surface area (Å²) < 4.78 is 10.8. The molecule has 21 heavy (non-hydrogen) atoms. The number of nitrogens with one attached hydrogen (secondary N) is 1. The second-order valence-corrected chi connectivity index (χ2v) is 5.72. The summed E-state index contributed by atoms with van der Waals surface area (Å²) in [5, 5.41) is 13.2. The van der Waals surface area contributed by atoms with Crippen LogP contribution in [0.25, 0.3) is 0 Å². The molecule has 0 spiro atoms. The molecule has 0 aliphatic heterocycles. The van der Waals surface area contributed by atoms with Gasteiger partial charge in [0.2, 0.25) is 0 Å². The van der Waals surface area contributed by atoms with Gasteiger partial charge in [0.25, 0.3) is 0 Å². The van der Waals surface area contributed by atoms with Crippen molar-refractivity contribution in [3.05, 3.63) is 24.2 Å². The SMILES string of the molecule is CCCCCCOCC(O)CNC(C)CCc1ccco1. The number of hydrogen-bond acceptors (Lipinski definition) is 4. The van der Waals surface area contributed by atoms with Gasteiger partial charge in [-0.1, -0.05) is 26.2 Å². The maximum absolute atomic E-state index is 9.85. The third kappa shape index (κ3) is 9.67. The molecule has 0 fully saturated rings. The summed E-state index contributed by atoms with van der Waals surface area (Å²) in [5.74, 6) is 1.01. The Hall–Kier alpha value is -0.840. The van der Waals surface area contributed by atoms with Crippen molar-refractivity contribution in [2.45, 2.75) is 64.5 Å². The van der Waals surface area contributed by atoms with Crippen molar-refractivity contribution < 1.29 is 14.3 Å². The van der Waals surface area contributed by atoms with Gasteiger partial charge in [-0.15, -0.1) is 0 Å². The number of ether oxygens (including phenoxy) is 1. The summed E-state index contributed by atoms with van der Waals surface area (Å²) in [5.41, 5.74) is 0. The topological polar surface area (TPSA) is 54.6 Å². The van der Waals surface area contributed by atoms with Crippen LogP contribution in [0.2, 0.25) is 0 Å². The molecule has 2 N–H and O–H groups in total. The Morgan fingerprint density at radius 1 is 1.33 bits per heavy atom. The van der Waals surface area contributed by atoms with E-state index in [2.05, 4.69) is 19.2 Å². The highest BCUT2D eigenvalue weighted by Crippen LogP contribution is 2.05. The van der Waals surface area contributed by atoms with Crippen LogP contribution in [0.3, 0.4) is 0 Å². The summed E-state index contributed by atoms with van der Waals surface area (Å²) in [7, 11) is 0. The maximum atomic E-state index is 9.85. The van der Waals surface area contributed by atoms with Crippen LogP contribution in [0.15, 0.2) is 22.8 Å². The van der Waals surface area contributed by atoms with Crippen molar-refractivity contribution in [2.75, 3.05) is 19.8 Å². The zero-order chi connectivity index (χ0) is 15.3. The fraction of sp³-hybridized carbons (Fsp3) is 0.765. The van der Waals surface area contributed by atoms with Gasteiger partial charge in [0, 0.05) is 25.6 Å². The van der Waals surface area contributed by atoms with Crippen molar-refractivity contribution in [3.63, 3.8) is 0 Å². The van der Waals surface area contributed by atoms with E-state index < -0.39 is 6.10 Å². The lowest BCUT2D eigenvalue weighted by Gasteiger charge is -2.17. The lowest BCUT2D eigenvalue weighted by Crippen LogP contribution is -2.36. The molecule has 4 nitrogen and oxygen atoms in total. The van der Waals surface area contributed by atoms with Gasteiger partial charge < -0.3 is 19.6 Å². The van der Waals surface area contributed by atoms with Crippen LogP contribution < -0.4 is 5.32 Å². The lowest BCUT2D eigenvalue weighted by atomic mass is 10.1. The molecule has 0 saturated heterocycles. The van der Waals surface area contributed by atoms with Crippen LogP contribution in [-0.2, 0) is 11.2 Å². The highest BCUT2D eigenvalue weighted by Gasteiger charge is 2.08. The molecular weight excluding hydrogens is 266 g/mol. The van der Waals surface area contributed by atoms with Gasteiger partial charge in [0.1, 0.15) is 5.76 Å². The minimum absolute atomic E-state index is 0.356. The molecule has 0 radical (unpaired) electrons. The minimum Gasteiger partial charge on any atom is -0.469 e. The van der Waals surface area contributed by atoms with Gasteiger partial charge in [-0.25, -0.2) is 0 Å². The van der Waals surface area contributed by atoms with E-state index in [0.29, 0.717) is 19.2 Å². The fourth-order valence-electron chi connectivity index (χ4n) is 2.16. The normalized spacial score (nSPS) is 14.2. The molecule has 0 saturated carbocycles. The Labute approximate surface area is 128 Å². The van der Waals surface area contributed by atoms with Gasteiger partial charge in [-0.2, -0.15) is 0 Å². The Bertz CT molecular complexity index is 327. The van der Waals surface area contributed by atoms with Crippen LogP contribution in [0, 0.1) is 0 Å². The Morgan fingerprint density at radius 3 is 2.90 bits per heavy atom. The van der Waals surface area contributed by atoms with E-state index in [9.17, 15) is 5.11 Å². The summed E-state index contributed by atoms with van der Waals surface area (Å²) in [6.45, 7) is 6.08. The average molecular weight is 297 g/mol. The summed E-state index contributed by atoms with van der Waals surface area (Å²) in [6, 6.07) is 4.26. The zero-order valence-corrected chi connectivity index (χ0v) is 13.5. The second kappa shape index (κ2) is 11.8. The van der Waals surface area contributed by atoms with E-state index >= 15 is 0 Å². The molecule has 2 unspecified atom stereocenters. The number of unbranched alkanes of at least 4 members (excludes halogenated alkanes) is 3. The third-order valence-corrected chi connectivity index (χ3v) is 3.56. The first-order chi connectivity index (χ1) is 10.2. The molecule has 4 heteroatoms. The quantitative estimate of drug-likeness (QED) is 0.549. The first-order valence-corrected chi connectivity index (χ1v) is 8.24. The predicted octanol–water partition coefficient (Wildman–Crippen LogP) is 3.15. The second-order valence-electron chi connectivity index (χ2n) is 5.72. The molecular formula is C17H31NO3. The number of aliphatic hydroxyl groups excluding tert-OH is 1. The van der Waals surface area contributed by atoms with Crippen LogP contribution in [-0.4, -0.2) is 37.0 Å². The maximum Gasteiger partial charge on any atom is 0.103 e. The number of aliphatic hydroxyl groups is 1. The Balaban J connectivity index is 1.95. The van der Waals surface area contributed by atoms with Gasteiger partial charge in [0.15, 0.2) is 0 Å². The molecule has 1 aromatic rings. The Morgan fingerprint density at radius 2 is 2.19 bits per heavy atom. The highest BCUT2D eigenvalue weighted by molar-refractivity contribution is 4.98. The van der Waals surface area contributed by atoms with Crippen molar-refractivity contribution in [3.8, 4) is 0 Å². The summed E-state index contributed by atoms with van der Waals surface area (Å²) in [4.78, 5) is 0. The van der Waals surface area contributed by atoms with Crippen molar-refractivity contribution >= 4 is 0 Å². The number of rotatable bonds is 13. The summed E-state index contributed by atoms with van der Waals surface area (Å²) >= 11 is 0. The molecule has 0 aliphatic rings. The minimum atomic E-state index is -0.428. The van der Waals surface area contributed by atoms with Crippen LogP contribution in [0.1, 0.15) is 51.7 Å². The number of aryl methyl sites for hydroxylation is 1. The molecule has 1 aromatic heterocycles. The van der Waals surface area contributed by atoms with Gasteiger partial charge in [-0.05, 0) is 31.9 Å². The van der Waals surface area contributed by atoms with E-state index in [-0.39, 0.29) is 0 Å². The van der Waals surface area contributed by atoms with Crippen LogP contribution >= 0.6 is 0 Å². The largest absolute Gasteiger partial charge is 0.469 e. The molecule has 0 amide bonds. The van der Waals surface area contributed by atoms with Gasteiger partial charge >= 0.3 is 0 Å². The first-order valence-electron chi connectivity index (χ1n) is 8.24. The summed E-state index contributed by atoms with van der Waals surface area (Å²) in [6.07, 6.45) is 8.01. The fourth-order valence-corrected chi connectivity index (χ4v) is 2.16. The highest BCUT2D eigenvalue weighted by atomic mass is 16.5. The van der Waals surface area contributed by atoms with Crippen molar-refractivity contribution in [1.82, 2.24) is 5.32 Å². The molecule has 1 heterocycles. The van der Waals surface area contributed by atoms with E-state index in [1.165, 1.54) is 19.3 Å². The molecule has 0 aliphatic carbocycles. The molecule has 122 valence electrons. The van der Waals surface area contributed by atoms with E-state index in [1.807, 2.05) is 12.1 Å². The lowest BCUT2D eigenvalue weighted by molar-refractivity contribution is 0.0342. The molecule has 2 atom stereocenters. The predicted molar refractivity (Wildman–Crippen MR) is 85.5 cm³/mol. The molecule has 0 bridgehead atoms. The number of furan rings is 1. The standard InChI is InChI=1S/C17H31NO3/c1-3-4-5-6-11-20-14-16(19)13-18-15(2)9-10-17-8-7-12-21-17/h7-8,12,15-16,18-19H,3-6,9-11,13-14H2,1-2H3. The number of hydrogen-bond donors (Lipinski definition) is 2. The average Bonchev–Trinajstić information content (AvgIpc) is 3.00.